The average Bonchev–Trinajstić information content (AvgIpc) is 2.91. The molecule has 1 aliphatic heterocycles. The molecular weight excluding hydrogens is 302 g/mol. The van der Waals surface area contributed by atoms with Crippen LogP contribution < -0.4 is 5.32 Å². The number of nitrogens with one attached hydrogen (secondary N) is 1. The molecule has 2 aromatic heterocycles. The van der Waals surface area contributed by atoms with Gasteiger partial charge in [0, 0.05) is 32.0 Å². The van der Waals surface area contributed by atoms with E-state index < -0.39 is 6.09 Å². The molecule has 1 aliphatic carbocycles. The summed E-state index contributed by atoms with van der Waals surface area (Å²) in [5.74, 6) is 1.21. The second-order valence-corrected chi connectivity index (χ2v) is 7.00. The van der Waals surface area contributed by atoms with Gasteiger partial charge in [0.25, 0.3) is 5.91 Å². The summed E-state index contributed by atoms with van der Waals surface area (Å²) in [7, 11) is 0. The summed E-state index contributed by atoms with van der Waals surface area (Å²) in [5.41, 5.74) is 0. The number of aromatic nitrogens is 1. The molecule has 6 nitrogen and oxygen atoms in total. The van der Waals surface area contributed by atoms with E-state index in [9.17, 15) is 9.59 Å². The van der Waals surface area contributed by atoms with E-state index in [0.29, 0.717) is 42.3 Å². The second kappa shape index (κ2) is 4.95. The van der Waals surface area contributed by atoms with Crippen LogP contribution in [0.3, 0.4) is 0 Å². The zero-order chi connectivity index (χ0) is 15.3. The Morgan fingerprint density at radius 3 is 2.86 bits per heavy atom. The Morgan fingerprint density at radius 2 is 2.18 bits per heavy atom. The van der Waals surface area contributed by atoms with E-state index in [4.69, 9.17) is 5.11 Å². The van der Waals surface area contributed by atoms with Crippen LogP contribution in [-0.4, -0.2) is 46.6 Å². The van der Waals surface area contributed by atoms with Gasteiger partial charge in [-0.1, -0.05) is 0 Å². The fourth-order valence-corrected chi connectivity index (χ4v) is 4.35. The van der Waals surface area contributed by atoms with Gasteiger partial charge in [-0.25, -0.2) is 4.79 Å². The topological polar surface area (TPSA) is 82.5 Å². The molecule has 2 aliphatic rings. The third-order valence-corrected chi connectivity index (χ3v) is 5.77. The first-order chi connectivity index (χ1) is 10.6. The highest BCUT2D eigenvalue weighted by Gasteiger charge is 2.56. The van der Waals surface area contributed by atoms with Crippen molar-refractivity contribution in [2.45, 2.75) is 0 Å². The van der Waals surface area contributed by atoms with E-state index >= 15 is 0 Å². The Bertz CT molecular complexity index is 714. The van der Waals surface area contributed by atoms with E-state index in [-0.39, 0.29) is 5.91 Å². The van der Waals surface area contributed by atoms with Crippen molar-refractivity contribution in [2.75, 3.05) is 19.6 Å². The molecule has 114 valence electrons. The maximum Gasteiger partial charge on any atom is 0.407 e. The van der Waals surface area contributed by atoms with Gasteiger partial charge in [0.05, 0.1) is 9.58 Å². The van der Waals surface area contributed by atoms with Crippen molar-refractivity contribution in [1.29, 1.82) is 0 Å². The fraction of sp³-hybridized carbons (Fsp3) is 0.400. The lowest BCUT2D eigenvalue weighted by molar-refractivity contribution is 0.0952. The number of piperidine rings is 1. The van der Waals surface area contributed by atoms with Gasteiger partial charge in [0.2, 0.25) is 0 Å². The molecule has 2 atom stereocenters. The molecule has 0 spiro atoms. The molecule has 3 heterocycles. The molecule has 7 heteroatoms. The molecule has 4 rings (SSSR count). The zero-order valence-corrected chi connectivity index (χ0v) is 12.5. The Balaban J connectivity index is 1.34. The molecule has 0 aromatic carbocycles. The number of hydrogen-bond donors (Lipinski definition) is 2. The van der Waals surface area contributed by atoms with E-state index in [2.05, 4.69) is 10.3 Å². The Kier molecular flexibility index (Phi) is 3.04. The molecule has 2 amide bonds. The van der Waals surface area contributed by atoms with Crippen LogP contribution in [-0.2, 0) is 0 Å². The number of fused-ring (bicyclic) bond motifs is 2. The van der Waals surface area contributed by atoms with Crippen molar-refractivity contribution in [3.8, 4) is 0 Å². The van der Waals surface area contributed by atoms with Crippen LogP contribution in [0, 0.1) is 17.8 Å². The Hall–Kier alpha value is -2.15. The van der Waals surface area contributed by atoms with Crippen LogP contribution in [0.15, 0.2) is 24.5 Å². The van der Waals surface area contributed by atoms with E-state index in [0.717, 1.165) is 10.1 Å². The molecule has 1 saturated carbocycles. The van der Waals surface area contributed by atoms with Crippen LogP contribution in [0.4, 0.5) is 4.79 Å². The maximum absolute atomic E-state index is 12.2. The van der Waals surface area contributed by atoms with Gasteiger partial charge in [0.1, 0.15) is 0 Å². The normalized spacial score (nSPS) is 26.0. The molecule has 2 aromatic rings. The van der Waals surface area contributed by atoms with Crippen LogP contribution >= 0.6 is 11.3 Å². The number of thiophene rings is 1. The third-order valence-electron chi connectivity index (χ3n) is 4.69. The lowest BCUT2D eigenvalue weighted by atomic mass is 10.2. The van der Waals surface area contributed by atoms with Crippen molar-refractivity contribution in [2.24, 2.45) is 17.8 Å². The Morgan fingerprint density at radius 1 is 1.41 bits per heavy atom. The van der Waals surface area contributed by atoms with Crippen molar-refractivity contribution in [3.05, 3.63) is 29.4 Å². The highest BCUT2D eigenvalue weighted by atomic mass is 32.1. The monoisotopic (exact) mass is 317 g/mol. The van der Waals surface area contributed by atoms with E-state index in [1.807, 2.05) is 12.1 Å². The molecule has 2 fully saturated rings. The first kappa shape index (κ1) is 13.5. The maximum atomic E-state index is 12.2. The third kappa shape index (κ3) is 2.21. The summed E-state index contributed by atoms with van der Waals surface area (Å²) in [6.45, 7) is 1.85. The number of carbonyl (C=O) groups excluding carboxylic acids is 1. The number of carboxylic acid groups (broad SMARTS) is 1. The average molecular weight is 317 g/mol. The largest absolute Gasteiger partial charge is 0.465 e. The first-order valence-electron chi connectivity index (χ1n) is 7.23. The molecule has 22 heavy (non-hydrogen) atoms. The second-order valence-electron chi connectivity index (χ2n) is 5.91. The number of likely N-dealkylation sites (tertiary alicyclic amines) is 1. The summed E-state index contributed by atoms with van der Waals surface area (Å²) in [5, 5.41) is 12.9. The van der Waals surface area contributed by atoms with Crippen molar-refractivity contribution in [1.82, 2.24) is 15.2 Å². The lowest BCUT2D eigenvalue weighted by Gasteiger charge is -2.15. The molecular formula is C15H15N3O3S. The molecule has 0 radical (unpaired) electrons. The molecule has 1 saturated heterocycles. The van der Waals surface area contributed by atoms with E-state index in [1.54, 1.807) is 12.4 Å². The van der Waals surface area contributed by atoms with Gasteiger partial charge >= 0.3 is 6.09 Å². The number of carbonyl (C=O) groups is 2. The van der Waals surface area contributed by atoms with Crippen LogP contribution in [0.25, 0.3) is 10.1 Å². The van der Waals surface area contributed by atoms with Gasteiger partial charge in [-0.3, -0.25) is 9.78 Å². The molecule has 2 unspecified atom stereocenters. The molecule has 2 N–H and O–H groups in total. The smallest absolute Gasteiger partial charge is 0.407 e. The Labute approximate surface area is 130 Å². The van der Waals surface area contributed by atoms with Gasteiger partial charge in [-0.2, -0.15) is 0 Å². The number of rotatable bonds is 3. The highest BCUT2D eigenvalue weighted by Crippen LogP contribution is 2.51. The summed E-state index contributed by atoms with van der Waals surface area (Å²) in [4.78, 5) is 29.3. The number of hydrogen-bond acceptors (Lipinski definition) is 4. The van der Waals surface area contributed by atoms with Gasteiger partial charge in [0.15, 0.2) is 0 Å². The highest BCUT2D eigenvalue weighted by molar-refractivity contribution is 7.20. The predicted molar refractivity (Wildman–Crippen MR) is 82.0 cm³/mol. The minimum absolute atomic E-state index is 0.0544. The van der Waals surface area contributed by atoms with Gasteiger partial charge in [-0.15, -0.1) is 11.3 Å². The lowest BCUT2D eigenvalue weighted by Crippen LogP contribution is -2.33. The van der Waals surface area contributed by atoms with Crippen molar-refractivity contribution >= 4 is 33.4 Å². The van der Waals surface area contributed by atoms with Crippen molar-refractivity contribution < 1.29 is 14.7 Å². The minimum Gasteiger partial charge on any atom is -0.465 e. The first-order valence-corrected chi connectivity index (χ1v) is 8.05. The quantitative estimate of drug-likeness (QED) is 0.905. The number of amides is 2. The zero-order valence-electron chi connectivity index (χ0n) is 11.7. The summed E-state index contributed by atoms with van der Waals surface area (Å²) < 4.78 is 1.01. The van der Waals surface area contributed by atoms with E-state index in [1.165, 1.54) is 16.2 Å². The summed E-state index contributed by atoms with van der Waals surface area (Å²) in [6, 6.07) is 3.78. The van der Waals surface area contributed by atoms with Crippen LogP contribution in [0.5, 0.6) is 0 Å². The van der Waals surface area contributed by atoms with Crippen molar-refractivity contribution in [3.63, 3.8) is 0 Å². The fourth-order valence-electron chi connectivity index (χ4n) is 3.40. The predicted octanol–water partition coefficient (Wildman–Crippen LogP) is 1.88. The van der Waals surface area contributed by atoms with Gasteiger partial charge < -0.3 is 15.3 Å². The summed E-state index contributed by atoms with van der Waals surface area (Å²) >= 11 is 1.44. The SMILES string of the molecule is O=C(NCC1C2CN(C(=O)O)CC12)c1cc2ccncc2s1. The molecule has 0 bridgehead atoms. The van der Waals surface area contributed by atoms with Crippen LogP contribution in [0.1, 0.15) is 9.67 Å². The number of pyridine rings is 1. The minimum atomic E-state index is -0.839. The van der Waals surface area contributed by atoms with Gasteiger partial charge in [-0.05, 0) is 35.3 Å². The van der Waals surface area contributed by atoms with Crippen LogP contribution in [0.2, 0.25) is 0 Å². The number of nitrogens with zero attached hydrogens (tertiary/aromatic N) is 2. The summed E-state index contributed by atoms with van der Waals surface area (Å²) in [6.07, 6.45) is 2.65. The standard InChI is InChI=1S/C15H15N3O3S/c19-14(12-3-8-1-2-16-5-13(8)22-12)17-4-9-10-6-18(15(20)21)7-11(9)10/h1-3,5,9-11H,4,6-7H2,(H,17,19)(H,20,21).